The van der Waals surface area contributed by atoms with Gasteiger partial charge in [0.05, 0.1) is 25.0 Å². The van der Waals surface area contributed by atoms with Crippen molar-refractivity contribution in [2.24, 2.45) is 4.99 Å². The van der Waals surface area contributed by atoms with Crippen LogP contribution in [-0.2, 0) is 13.1 Å². The molecule has 0 saturated heterocycles. The molecule has 0 bridgehead atoms. The summed E-state index contributed by atoms with van der Waals surface area (Å²) in [4.78, 5) is 4.28. The SMILES string of the molecule is C=CCOc1ccccc1CNC(=NC)NCc1ccn(-c2ccc(OC)cc2)n1. The number of guanidine groups is 1. The summed E-state index contributed by atoms with van der Waals surface area (Å²) in [5, 5.41) is 11.2. The van der Waals surface area contributed by atoms with Crippen molar-refractivity contribution in [3.05, 3.63) is 84.7 Å². The zero-order valence-corrected chi connectivity index (χ0v) is 17.3. The van der Waals surface area contributed by atoms with E-state index in [4.69, 9.17) is 9.47 Å². The molecule has 0 radical (unpaired) electrons. The predicted molar refractivity (Wildman–Crippen MR) is 119 cm³/mol. The smallest absolute Gasteiger partial charge is 0.191 e. The van der Waals surface area contributed by atoms with Gasteiger partial charge in [-0.2, -0.15) is 5.10 Å². The summed E-state index contributed by atoms with van der Waals surface area (Å²) in [6, 6.07) is 17.6. The second-order valence-electron chi connectivity index (χ2n) is 6.44. The Morgan fingerprint density at radius 2 is 1.87 bits per heavy atom. The highest BCUT2D eigenvalue weighted by Gasteiger charge is 2.06. The largest absolute Gasteiger partial charge is 0.497 e. The highest BCUT2D eigenvalue weighted by molar-refractivity contribution is 5.79. The molecule has 0 unspecified atom stereocenters. The lowest BCUT2D eigenvalue weighted by Gasteiger charge is -2.14. The van der Waals surface area contributed by atoms with Gasteiger partial charge in [0.2, 0.25) is 0 Å². The number of nitrogens with one attached hydrogen (secondary N) is 2. The quantitative estimate of drug-likeness (QED) is 0.325. The summed E-state index contributed by atoms with van der Waals surface area (Å²) >= 11 is 0. The van der Waals surface area contributed by atoms with E-state index in [2.05, 4.69) is 27.3 Å². The number of nitrogens with zero attached hydrogens (tertiary/aromatic N) is 3. The lowest BCUT2D eigenvalue weighted by molar-refractivity contribution is 0.358. The van der Waals surface area contributed by atoms with Crippen LogP contribution in [0.2, 0.25) is 0 Å². The van der Waals surface area contributed by atoms with Crippen molar-refractivity contribution in [1.82, 2.24) is 20.4 Å². The monoisotopic (exact) mass is 405 g/mol. The van der Waals surface area contributed by atoms with Crippen molar-refractivity contribution in [2.45, 2.75) is 13.1 Å². The first-order chi connectivity index (χ1) is 14.7. The lowest BCUT2D eigenvalue weighted by Crippen LogP contribution is -2.36. The third-order valence-corrected chi connectivity index (χ3v) is 4.42. The van der Waals surface area contributed by atoms with E-state index in [9.17, 15) is 0 Å². The molecule has 0 fully saturated rings. The summed E-state index contributed by atoms with van der Waals surface area (Å²) in [6.07, 6.45) is 3.66. The Bertz CT molecular complexity index is 979. The number of ether oxygens (including phenoxy) is 2. The van der Waals surface area contributed by atoms with Gasteiger partial charge in [-0.15, -0.1) is 0 Å². The van der Waals surface area contributed by atoms with Crippen molar-refractivity contribution in [1.29, 1.82) is 0 Å². The first-order valence-electron chi connectivity index (χ1n) is 9.68. The maximum atomic E-state index is 5.70. The molecule has 0 saturated carbocycles. The number of benzene rings is 2. The first-order valence-corrected chi connectivity index (χ1v) is 9.68. The van der Waals surface area contributed by atoms with Crippen molar-refractivity contribution >= 4 is 5.96 Å². The normalized spacial score (nSPS) is 11.1. The first kappa shape index (κ1) is 21.0. The minimum absolute atomic E-state index is 0.473. The van der Waals surface area contributed by atoms with E-state index in [1.54, 1.807) is 20.2 Å². The number of para-hydroxylation sites is 1. The molecule has 1 heterocycles. The highest BCUT2D eigenvalue weighted by Crippen LogP contribution is 2.17. The van der Waals surface area contributed by atoms with Crippen molar-refractivity contribution < 1.29 is 9.47 Å². The van der Waals surface area contributed by atoms with Gasteiger partial charge in [0.15, 0.2) is 5.96 Å². The molecule has 156 valence electrons. The highest BCUT2D eigenvalue weighted by atomic mass is 16.5. The zero-order valence-electron chi connectivity index (χ0n) is 17.3. The minimum atomic E-state index is 0.473. The van der Waals surface area contributed by atoms with Crippen LogP contribution in [0, 0.1) is 0 Å². The van der Waals surface area contributed by atoms with Crippen LogP contribution in [0.3, 0.4) is 0 Å². The maximum Gasteiger partial charge on any atom is 0.191 e. The summed E-state index contributed by atoms with van der Waals surface area (Å²) < 4.78 is 12.7. The van der Waals surface area contributed by atoms with Gasteiger partial charge in [0, 0.05) is 25.4 Å². The van der Waals surface area contributed by atoms with E-state index in [0.717, 1.165) is 28.4 Å². The van der Waals surface area contributed by atoms with Crippen molar-refractivity contribution in [2.75, 3.05) is 20.8 Å². The lowest BCUT2D eigenvalue weighted by atomic mass is 10.2. The summed E-state index contributed by atoms with van der Waals surface area (Å²) in [5.74, 6) is 2.34. The van der Waals surface area contributed by atoms with Gasteiger partial charge in [0.1, 0.15) is 18.1 Å². The van der Waals surface area contributed by atoms with Gasteiger partial charge >= 0.3 is 0 Å². The van der Waals surface area contributed by atoms with Gasteiger partial charge < -0.3 is 20.1 Å². The molecule has 7 heteroatoms. The molecule has 0 amide bonds. The van der Waals surface area contributed by atoms with Crippen LogP contribution in [0.4, 0.5) is 0 Å². The van der Waals surface area contributed by atoms with Gasteiger partial charge in [-0.1, -0.05) is 30.9 Å². The fourth-order valence-corrected chi connectivity index (χ4v) is 2.85. The molecule has 2 aromatic carbocycles. The molecule has 30 heavy (non-hydrogen) atoms. The second-order valence-corrected chi connectivity index (χ2v) is 6.44. The molecule has 2 N–H and O–H groups in total. The molecule has 3 aromatic rings. The molecule has 0 aliphatic carbocycles. The predicted octanol–water partition coefficient (Wildman–Crippen LogP) is 3.31. The van der Waals surface area contributed by atoms with Crippen LogP contribution in [0.25, 0.3) is 5.69 Å². The van der Waals surface area contributed by atoms with Crippen LogP contribution >= 0.6 is 0 Å². The van der Waals surface area contributed by atoms with Gasteiger partial charge in [-0.25, -0.2) is 4.68 Å². The standard InChI is InChI=1S/C23H27N5O2/c1-4-15-30-22-8-6-5-7-18(22)16-25-23(24-2)26-17-19-13-14-28(27-19)20-9-11-21(29-3)12-10-20/h4-14H,1,15-17H2,2-3H3,(H2,24,25,26). The van der Waals surface area contributed by atoms with Gasteiger partial charge in [0.25, 0.3) is 0 Å². The Kier molecular flexibility index (Phi) is 7.49. The molecule has 1 aromatic heterocycles. The Labute approximate surface area is 177 Å². The molecular weight excluding hydrogens is 378 g/mol. The zero-order chi connectivity index (χ0) is 21.2. The molecule has 0 spiro atoms. The van der Waals surface area contributed by atoms with E-state index in [0.29, 0.717) is 25.7 Å². The van der Waals surface area contributed by atoms with Crippen LogP contribution in [0.5, 0.6) is 11.5 Å². The molecule has 0 atom stereocenters. The summed E-state index contributed by atoms with van der Waals surface area (Å²) in [5.41, 5.74) is 2.93. The van der Waals surface area contributed by atoms with Crippen molar-refractivity contribution in [3.63, 3.8) is 0 Å². The topological polar surface area (TPSA) is 72.7 Å². The average molecular weight is 406 g/mol. The van der Waals surface area contributed by atoms with Crippen LogP contribution in [-0.4, -0.2) is 36.5 Å². The Morgan fingerprint density at radius 1 is 1.10 bits per heavy atom. The molecule has 3 rings (SSSR count). The fourth-order valence-electron chi connectivity index (χ4n) is 2.85. The minimum Gasteiger partial charge on any atom is -0.497 e. The van der Waals surface area contributed by atoms with Gasteiger partial charge in [-0.3, -0.25) is 4.99 Å². The van der Waals surface area contributed by atoms with E-state index < -0.39 is 0 Å². The third kappa shape index (κ3) is 5.64. The van der Waals surface area contributed by atoms with Crippen molar-refractivity contribution in [3.8, 4) is 17.2 Å². The van der Waals surface area contributed by atoms with E-state index in [1.807, 2.05) is 65.5 Å². The molecule has 0 aliphatic rings. The molecule has 7 nitrogen and oxygen atoms in total. The Balaban J connectivity index is 1.55. The number of hydrogen-bond donors (Lipinski definition) is 2. The van der Waals surface area contributed by atoms with Crippen LogP contribution in [0.15, 0.2) is 78.4 Å². The fraction of sp³-hybridized carbons (Fsp3) is 0.217. The second kappa shape index (κ2) is 10.7. The van der Waals surface area contributed by atoms with Crippen LogP contribution in [0.1, 0.15) is 11.3 Å². The Hall–Kier alpha value is -3.74. The number of aliphatic imine (C=N–C) groups is 1. The Morgan fingerprint density at radius 3 is 2.60 bits per heavy atom. The third-order valence-electron chi connectivity index (χ3n) is 4.42. The molecular formula is C23H27N5O2. The van der Waals surface area contributed by atoms with E-state index in [-0.39, 0.29) is 0 Å². The average Bonchev–Trinajstić information content (AvgIpc) is 3.27. The number of hydrogen-bond acceptors (Lipinski definition) is 4. The van der Waals surface area contributed by atoms with Gasteiger partial charge in [-0.05, 0) is 36.4 Å². The van der Waals surface area contributed by atoms with E-state index in [1.165, 1.54) is 0 Å². The molecule has 0 aliphatic heterocycles. The summed E-state index contributed by atoms with van der Waals surface area (Å²) in [6.45, 7) is 5.31. The number of rotatable bonds is 9. The maximum absolute atomic E-state index is 5.70. The van der Waals surface area contributed by atoms with E-state index >= 15 is 0 Å². The number of methoxy groups -OCH3 is 1. The number of aromatic nitrogens is 2. The van der Waals surface area contributed by atoms with Crippen LogP contribution < -0.4 is 20.1 Å². The summed E-state index contributed by atoms with van der Waals surface area (Å²) in [7, 11) is 3.39.